The van der Waals surface area contributed by atoms with Crippen molar-refractivity contribution in [3.63, 3.8) is 0 Å². The Morgan fingerprint density at radius 3 is 1.33 bits per heavy atom. The molecule has 0 rings (SSSR count). The first-order valence-electron chi connectivity index (χ1n) is 0.548. The van der Waals surface area contributed by atoms with Crippen LogP contribution in [-0.2, 0) is 0 Å². The summed E-state index contributed by atoms with van der Waals surface area (Å²) in [6.45, 7) is 0. The third-order valence-corrected chi connectivity index (χ3v) is 0. The van der Waals surface area contributed by atoms with E-state index in [0.717, 1.165) is 0 Å². The van der Waals surface area contributed by atoms with Crippen molar-refractivity contribution in [2.45, 2.75) is 0 Å². The van der Waals surface area contributed by atoms with Gasteiger partial charge in [0.05, 0.1) is 5.09 Å². The van der Waals surface area contributed by atoms with Crippen LogP contribution in [0.1, 0.15) is 0 Å². The van der Waals surface area contributed by atoms with Gasteiger partial charge in [-0.2, -0.15) is 0 Å². The number of rotatable bonds is 0. The SMILES string of the molecule is O=[N+]([O-])[O-].[Cl-].[La]. The average molecular weight is 236 g/mol. The van der Waals surface area contributed by atoms with E-state index in [0.29, 0.717) is 0 Å². The number of halogens is 1. The molecule has 0 saturated carbocycles. The predicted molar refractivity (Wildman–Crippen MR) is 10.4 cm³/mol. The van der Waals surface area contributed by atoms with E-state index in [1.807, 2.05) is 0 Å². The molecule has 0 saturated heterocycles. The quantitative estimate of drug-likeness (QED) is 0.328. The number of nitrogens with zero attached hydrogens (tertiary/aromatic N) is 1. The molecule has 35 valence electrons. The van der Waals surface area contributed by atoms with E-state index >= 15 is 0 Å². The summed E-state index contributed by atoms with van der Waals surface area (Å²) in [5, 5.41) is 14.8. The van der Waals surface area contributed by atoms with Gasteiger partial charge >= 0.3 is 0 Å². The summed E-state index contributed by atoms with van der Waals surface area (Å²) in [5.74, 6) is 0. The summed E-state index contributed by atoms with van der Waals surface area (Å²) in [4.78, 5) is 8.25. The van der Waals surface area contributed by atoms with E-state index in [-0.39, 0.29) is 48.0 Å². The molecule has 0 heterocycles. The van der Waals surface area contributed by atoms with Crippen molar-refractivity contribution in [1.82, 2.24) is 0 Å². The van der Waals surface area contributed by atoms with Gasteiger partial charge in [-0.1, -0.05) is 0 Å². The van der Waals surface area contributed by atoms with Crippen molar-refractivity contribution in [1.29, 1.82) is 0 Å². The Hall–Kier alpha value is 0.685. The largest absolute Gasteiger partial charge is 1.00 e. The third kappa shape index (κ3) is 136. The van der Waals surface area contributed by atoms with E-state index in [9.17, 15) is 0 Å². The second kappa shape index (κ2) is 9.19. The predicted octanol–water partition coefficient (Wildman–Crippen LogP) is -3.24. The molecule has 0 unspecified atom stereocenters. The Labute approximate surface area is 68.0 Å². The molecule has 0 spiro atoms. The first-order valence-corrected chi connectivity index (χ1v) is 0.548. The average Bonchev–Trinajstić information content (AvgIpc) is 0.811. The zero-order valence-electron chi connectivity index (χ0n) is 2.63. The summed E-state index contributed by atoms with van der Waals surface area (Å²) < 4.78 is 0. The monoisotopic (exact) mass is 236 g/mol. The van der Waals surface area contributed by atoms with Gasteiger partial charge in [0.1, 0.15) is 0 Å². The fraction of sp³-hybridized carbons (Fsp3) is 0. The molecular weight excluding hydrogens is 236 g/mol. The van der Waals surface area contributed by atoms with Gasteiger partial charge in [-0.25, -0.2) is 0 Å². The Balaban J connectivity index is -0.0000000450. The van der Waals surface area contributed by atoms with E-state index in [1.165, 1.54) is 0 Å². The number of hydrogen-bond donors (Lipinski definition) is 0. The molecule has 0 aromatic carbocycles. The molecule has 1 radical (unpaired) electrons. The van der Waals surface area contributed by atoms with Gasteiger partial charge in [0.25, 0.3) is 0 Å². The van der Waals surface area contributed by atoms with E-state index in [2.05, 4.69) is 0 Å². The second-order valence-corrected chi connectivity index (χ2v) is 0.224. The number of hydrogen-bond acceptors (Lipinski definition) is 3. The van der Waals surface area contributed by atoms with Crippen LogP contribution in [0.4, 0.5) is 0 Å². The van der Waals surface area contributed by atoms with Crippen molar-refractivity contribution in [2.75, 3.05) is 0 Å². The summed E-state index contributed by atoms with van der Waals surface area (Å²) in [7, 11) is 0. The van der Waals surface area contributed by atoms with E-state index < -0.39 is 5.09 Å². The van der Waals surface area contributed by atoms with Crippen LogP contribution in [0.25, 0.3) is 0 Å². The van der Waals surface area contributed by atoms with Gasteiger partial charge in [-0.05, 0) is 0 Å². The molecule has 0 aromatic heterocycles. The van der Waals surface area contributed by atoms with Crippen molar-refractivity contribution in [3.05, 3.63) is 15.3 Å². The normalized spacial score (nSPS) is 4.00. The molecule has 0 fully saturated rings. The van der Waals surface area contributed by atoms with Crippen molar-refractivity contribution >= 4 is 0 Å². The van der Waals surface area contributed by atoms with Crippen LogP contribution in [0.5, 0.6) is 0 Å². The molecule has 0 amide bonds. The molecule has 0 aromatic rings. The Kier molecular flexibility index (Phi) is 24.4. The summed E-state index contributed by atoms with van der Waals surface area (Å²) in [6.07, 6.45) is 0. The van der Waals surface area contributed by atoms with Crippen LogP contribution in [0, 0.1) is 50.9 Å². The van der Waals surface area contributed by atoms with Crippen LogP contribution in [-0.4, -0.2) is 5.09 Å². The molecule has 0 N–H and O–H groups in total. The minimum Gasteiger partial charge on any atom is -1.00 e. The van der Waals surface area contributed by atoms with Gasteiger partial charge in [0.15, 0.2) is 0 Å². The topological polar surface area (TPSA) is 66.2 Å². The molecule has 0 aliphatic rings. The zero-order valence-corrected chi connectivity index (χ0v) is 7.01. The van der Waals surface area contributed by atoms with Crippen molar-refractivity contribution < 1.29 is 53.1 Å². The van der Waals surface area contributed by atoms with Crippen LogP contribution in [0.2, 0.25) is 0 Å². The summed E-state index contributed by atoms with van der Waals surface area (Å²) >= 11 is 0. The van der Waals surface area contributed by atoms with Crippen molar-refractivity contribution in [2.24, 2.45) is 0 Å². The first-order chi connectivity index (χ1) is 1.73. The maximum absolute atomic E-state index is 8.25. The van der Waals surface area contributed by atoms with Crippen molar-refractivity contribution in [3.8, 4) is 0 Å². The Bertz CT molecular complexity index is 33.8. The smallest absolute Gasteiger partial charge is 0.0689 e. The van der Waals surface area contributed by atoms with Gasteiger partial charge < -0.3 is 27.7 Å². The van der Waals surface area contributed by atoms with Crippen LogP contribution in [0.3, 0.4) is 0 Å². The maximum Gasteiger partial charge on any atom is 0.0689 e. The first kappa shape index (κ1) is 15.9. The molecule has 6 heavy (non-hydrogen) atoms. The fourth-order valence-electron chi connectivity index (χ4n) is 0. The minimum absolute atomic E-state index is 0. The van der Waals surface area contributed by atoms with Gasteiger partial charge in [-0.3, -0.25) is 0 Å². The molecule has 4 nitrogen and oxygen atoms in total. The molecule has 0 bridgehead atoms. The minimum atomic E-state index is -1.75. The van der Waals surface area contributed by atoms with Crippen LogP contribution >= 0.6 is 0 Å². The standard InChI is InChI=1S/ClH.La.NO3/c;;2-1(3)4/h1H;;/q;;-1/p-1. The molecule has 0 aliphatic carbocycles. The van der Waals surface area contributed by atoms with Crippen LogP contribution in [0.15, 0.2) is 0 Å². The van der Waals surface area contributed by atoms with Gasteiger partial charge in [-0.15, -0.1) is 0 Å². The van der Waals surface area contributed by atoms with Crippen LogP contribution < -0.4 is 12.4 Å². The summed E-state index contributed by atoms with van der Waals surface area (Å²) in [6, 6.07) is 0. The fourth-order valence-corrected chi connectivity index (χ4v) is 0. The maximum atomic E-state index is 8.25. The molecular formula is ClLaNO3-2. The molecule has 0 aliphatic heterocycles. The van der Waals surface area contributed by atoms with Gasteiger partial charge in [0, 0.05) is 35.6 Å². The Morgan fingerprint density at radius 1 is 1.33 bits per heavy atom. The third-order valence-electron chi connectivity index (χ3n) is 0. The Morgan fingerprint density at radius 2 is 1.33 bits per heavy atom. The van der Waals surface area contributed by atoms with E-state index in [1.54, 1.807) is 0 Å². The van der Waals surface area contributed by atoms with E-state index in [4.69, 9.17) is 15.3 Å². The van der Waals surface area contributed by atoms with Gasteiger partial charge in [0.2, 0.25) is 0 Å². The molecule has 0 atom stereocenters. The second-order valence-electron chi connectivity index (χ2n) is 0.224. The summed E-state index contributed by atoms with van der Waals surface area (Å²) in [5.41, 5.74) is 0. The molecule has 6 heteroatoms. The zero-order chi connectivity index (χ0) is 3.58.